The lowest BCUT2D eigenvalue weighted by Crippen LogP contribution is -2.63. The molecular formula is C22H30O5. The monoisotopic (exact) mass is 374 g/mol. The van der Waals surface area contributed by atoms with Gasteiger partial charge in [0.1, 0.15) is 11.7 Å². The fourth-order valence-electron chi connectivity index (χ4n) is 7.86. The van der Waals surface area contributed by atoms with Crippen molar-refractivity contribution in [3.8, 4) is 0 Å². The molecule has 148 valence electrons. The Labute approximate surface area is 160 Å². The van der Waals surface area contributed by atoms with Gasteiger partial charge in [0.05, 0.1) is 12.0 Å². The van der Waals surface area contributed by atoms with Gasteiger partial charge in [0.2, 0.25) is 0 Å². The number of fused-ring (bicyclic) bond motifs is 2. The van der Waals surface area contributed by atoms with Crippen molar-refractivity contribution in [3.63, 3.8) is 0 Å². The van der Waals surface area contributed by atoms with Crippen molar-refractivity contribution < 1.29 is 24.2 Å². The number of esters is 1. The standard InChI is InChI=1S/C22H30O5/c1-12(2)18-7-15-8-20(10-23)17-6-5-13(3)16(17)9-21(15,11-27-14(4)24)22(18,20)19(25)26/h7,10,12-13,15-17H,5-6,8-9,11H2,1-4H3,(H,25,26). The summed E-state index contributed by atoms with van der Waals surface area (Å²) < 4.78 is 5.51. The van der Waals surface area contributed by atoms with E-state index < -0.39 is 22.2 Å². The molecule has 3 fully saturated rings. The molecule has 0 heterocycles. The second-order valence-electron chi connectivity index (χ2n) is 9.77. The molecule has 0 aromatic carbocycles. The zero-order valence-electron chi connectivity index (χ0n) is 16.7. The number of carboxylic acids is 1. The summed E-state index contributed by atoms with van der Waals surface area (Å²) >= 11 is 0. The molecule has 0 aliphatic heterocycles. The smallest absolute Gasteiger partial charge is 0.315 e. The fourth-order valence-corrected chi connectivity index (χ4v) is 7.86. The SMILES string of the molecule is CC(=O)OCC12CC3C(C)CCC3C3(C=O)CC1C=C(C(C)C)C32C(=O)O. The van der Waals surface area contributed by atoms with E-state index >= 15 is 0 Å². The highest BCUT2D eigenvalue weighted by molar-refractivity contribution is 5.90. The van der Waals surface area contributed by atoms with Crippen LogP contribution in [-0.4, -0.2) is 29.9 Å². The molecule has 5 nitrogen and oxygen atoms in total. The van der Waals surface area contributed by atoms with Gasteiger partial charge in [0.15, 0.2) is 0 Å². The Morgan fingerprint density at radius 1 is 1.33 bits per heavy atom. The molecular weight excluding hydrogens is 344 g/mol. The fraction of sp³-hybridized carbons (Fsp3) is 0.773. The first kappa shape index (κ1) is 18.7. The van der Waals surface area contributed by atoms with E-state index in [2.05, 4.69) is 13.0 Å². The van der Waals surface area contributed by atoms with Gasteiger partial charge in [-0.15, -0.1) is 0 Å². The van der Waals surface area contributed by atoms with Crippen molar-refractivity contribution in [2.75, 3.05) is 6.61 Å². The number of hydrogen-bond acceptors (Lipinski definition) is 4. The number of aldehydes is 1. The van der Waals surface area contributed by atoms with E-state index in [1.54, 1.807) is 0 Å². The van der Waals surface area contributed by atoms with Crippen LogP contribution in [0.3, 0.4) is 0 Å². The normalized spacial score (nSPS) is 46.9. The average Bonchev–Trinajstić information content (AvgIpc) is 3.17. The molecule has 4 rings (SSSR count). The lowest BCUT2D eigenvalue weighted by Gasteiger charge is -2.58. The van der Waals surface area contributed by atoms with Crippen LogP contribution in [0.4, 0.5) is 0 Å². The predicted molar refractivity (Wildman–Crippen MR) is 98.7 cm³/mol. The van der Waals surface area contributed by atoms with Crippen LogP contribution in [0, 0.1) is 45.8 Å². The molecule has 0 amide bonds. The second kappa shape index (κ2) is 5.68. The van der Waals surface area contributed by atoms with Crippen LogP contribution < -0.4 is 0 Å². The van der Waals surface area contributed by atoms with Crippen molar-refractivity contribution >= 4 is 18.2 Å². The van der Waals surface area contributed by atoms with Crippen molar-refractivity contribution in [3.05, 3.63) is 11.6 Å². The van der Waals surface area contributed by atoms with Crippen molar-refractivity contribution in [2.24, 2.45) is 45.8 Å². The molecule has 1 N–H and O–H groups in total. The van der Waals surface area contributed by atoms with Gasteiger partial charge in [-0.2, -0.15) is 0 Å². The largest absolute Gasteiger partial charge is 0.481 e. The van der Waals surface area contributed by atoms with Crippen LogP contribution in [-0.2, 0) is 19.1 Å². The van der Waals surface area contributed by atoms with Gasteiger partial charge in [-0.1, -0.05) is 38.8 Å². The maximum absolute atomic E-state index is 13.1. The van der Waals surface area contributed by atoms with E-state index in [1.165, 1.54) is 6.92 Å². The van der Waals surface area contributed by atoms with E-state index in [0.717, 1.165) is 31.1 Å². The third-order valence-corrected chi connectivity index (χ3v) is 8.65. The molecule has 5 heteroatoms. The van der Waals surface area contributed by atoms with Gasteiger partial charge in [-0.3, -0.25) is 9.59 Å². The number of aliphatic carboxylic acids is 1. The summed E-state index contributed by atoms with van der Waals surface area (Å²) in [4.78, 5) is 37.5. The van der Waals surface area contributed by atoms with Crippen LogP contribution in [0.25, 0.3) is 0 Å². The number of allylic oxidation sites excluding steroid dienone is 1. The Morgan fingerprint density at radius 3 is 2.59 bits per heavy atom. The highest BCUT2D eigenvalue weighted by Crippen LogP contribution is 2.82. The van der Waals surface area contributed by atoms with Crippen LogP contribution in [0.1, 0.15) is 53.4 Å². The summed E-state index contributed by atoms with van der Waals surface area (Å²) in [6.45, 7) is 7.71. The number of carboxylic acid groups (broad SMARTS) is 1. The van der Waals surface area contributed by atoms with Gasteiger partial charge in [-0.25, -0.2) is 0 Å². The van der Waals surface area contributed by atoms with Crippen LogP contribution in [0.15, 0.2) is 11.6 Å². The molecule has 7 unspecified atom stereocenters. The molecule has 4 aliphatic carbocycles. The van der Waals surface area contributed by atoms with Crippen LogP contribution in [0.2, 0.25) is 0 Å². The number of carbonyl (C=O) groups is 3. The van der Waals surface area contributed by atoms with E-state index in [4.69, 9.17) is 4.74 Å². The molecule has 0 radical (unpaired) electrons. The molecule has 4 bridgehead atoms. The third kappa shape index (κ3) is 1.88. The summed E-state index contributed by atoms with van der Waals surface area (Å²) in [6, 6.07) is 0. The lowest BCUT2D eigenvalue weighted by molar-refractivity contribution is -0.188. The molecule has 0 saturated heterocycles. The first-order valence-electron chi connectivity index (χ1n) is 10.2. The summed E-state index contributed by atoms with van der Waals surface area (Å²) in [5.41, 5.74) is -1.96. The Morgan fingerprint density at radius 2 is 2.04 bits per heavy atom. The third-order valence-electron chi connectivity index (χ3n) is 8.65. The molecule has 0 aromatic heterocycles. The molecule has 7 atom stereocenters. The van der Waals surface area contributed by atoms with Gasteiger partial charge in [-0.05, 0) is 48.9 Å². The average molecular weight is 374 g/mol. The lowest BCUT2D eigenvalue weighted by atomic mass is 9.43. The van der Waals surface area contributed by atoms with Crippen LogP contribution in [0.5, 0.6) is 0 Å². The maximum atomic E-state index is 13.1. The van der Waals surface area contributed by atoms with E-state index in [-0.39, 0.29) is 30.3 Å². The highest BCUT2D eigenvalue weighted by Gasteiger charge is 2.84. The van der Waals surface area contributed by atoms with Gasteiger partial charge < -0.3 is 14.6 Å². The quantitative estimate of drug-likeness (QED) is 0.453. The van der Waals surface area contributed by atoms with Gasteiger partial charge in [0, 0.05) is 12.3 Å². The molecule has 0 spiro atoms. The summed E-state index contributed by atoms with van der Waals surface area (Å²) in [5, 5.41) is 10.7. The Kier molecular flexibility index (Phi) is 3.93. The number of ether oxygens (including phenoxy) is 1. The van der Waals surface area contributed by atoms with E-state index in [1.807, 2.05) is 13.8 Å². The first-order valence-corrected chi connectivity index (χ1v) is 10.2. The minimum absolute atomic E-state index is 0.0200. The van der Waals surface area contributed by atoms with E-state index in [9.17, 15) is 19.5 Å². The number of hydrogen-bond donors (Lipinski definition) is 1. The molecule has 27 heavy (non-hydrogen) atoms. The topological polar surface area (TPSA) is 80.7 Å². The van der Waals surface area contributed by atoms with Gasteiger partial charge in [0.25, 0.3) is 0 Å². The minimum atomic E-state index is -1.25. The Hall–Kier alpha value is -1.65. The van der Waals surface area contributed by atoms with Crippen molar-refractivity contribution in [1.29, 1.82) is 0 Å². The maximum Gasteiger partial charge on any atom is 0.315 e. The van der Waals surface area contributed by atoms with Crippen LogP contribution >= 0.6 is 0 Å². The zero-order valence-corrected chi connectivity index (χ0v) is 16.7. The summed E-state index contributed by atoms with van der Waals surface area (Å²) in [5.74, 6) is -0.370. The zero-order chi connectivity index (χ0) is 19.8. The Bertz CT molecular complexity index is 739. The molecule has 3 saturated carbocycles. The molecule has 0 aromatic rings. The second-order valence-corrected chi connectivity index (χ2v) is 9.77. The summed E-state index contributed by atoms with van der Waals surface area (Å²) in [6.07, 6.45) is 6.38. The summed E-state index contributed by atoms with van der Waals surface area (Å²) in [7, 11) is 0. The predicted octanol–water partition coefficient (Wildman–Crippen LogP) is 3.47. The highest BCUT2D eigenvalue weighted by atomic mass is 16.5. The van der Waals surface area contributed by atoms with Crippen molar-refractivity contribution in [2.45, 2.75) is 53.4 Å². The van der Waals surface area contributed by atoms with E-state index in [0.29, 0.717) is 18.3 Å². The first-order chi connectivity index (χ1) is 12.7. The Balaban J connectivity index is 1.98. The minimum Gasteiger partial charge on any atom is -0.481 e. The van der Waals surface area contributed by atoms with Crippen molar-refractivity contribution in [1.82, 2.24) is 0 Å². The molecule has 4 aliphatic rings. The number of rotatable bonds is 5. The van der Waals surface area contributed by atoms with Gasteiger partial charge >= 0.3 is 11.9 Å². The number of carbonyl (C=O) groups excluding carboxylic acids is 2.